The molecular weight excluding hydrogens is 376 g/mol. The van der Waals surface area contributed by atoms with E-state index in [0.717, 1.165) is 16.8 Å². The smallest absolute Gasteiger partial charge is 0.266 e. The summed E-state index contributed by atoms with van der Waals surface area (Å²) in [6.07, 6.45) is 6.86. The Morgan fingerprint density at radius 3 is 2.63 bits per heavy atom. The van der Waals surface area contributed by atoms with E-state index in [2.05, 4.69) is 10.1 Å². The number of benzene rings is 1. The molecule has 7 nitrogen and oxygen atoms in total. The topological polar surface area (TPSA) is 88.9 Å². The molecule has 146 valence electrons. The van der Waals surface area contributed by atoms with Gasteiger partial charge in [-0.3, -0.25) is 9.78 Å². The minimum atomic E-state index is -0.440. The Balaban J connectivity index is 1.84. The summed E-state index contributed by atoms with van der Waals surface area (Å²) in [6.45, 7) is 3.52. The van der Waals surface area contributed by atoms with Crippen LogP contribution >= 0.6 is 0 Å². The van der Waals surface area contributed by atoms with E-state index < -0.39 is 5.56 Å². The molecule has 4 aromatic rings. The maximum Gasteiger partial charge on any atom is 0.289 e. The second-order valence-electron chi connectivity index (χ2n) is 6.77. The van der Waals surface area contributed by atoms with E-state index in [-0.39, 0.29) is 5.56 Å². The molecule has 3 heterocycles. The Morgan fingerprint density at radius 1 is 1.13 bits per heavy atom. The molecule has 0 fully saturated rings. The van der Waals surface area contributed by atoms with Gasteiger partial charge in [0.05, 0.1) is 11.9 Å². The summed E-state index contributed by atoms with van der Waals surface area (Å²) < 4.78 is 2.99. The van der Waals surface area contributed by atoms with Gasteiger partial charge in [-0.2, -0.15) is 15.5 Å². The Bertz CT molecular complexity index is 1330. The Hall–Kier alpha value is -4.31. The van der Waals surface area contributed by atoms with Crippen LogP contribution in [0.15, 0.2) is 77.0 Å². The third-order valence-electron chi connectivity index (χ3n) is 4.68. The largest absolute Gasteiger partial charge is 0.289 e. The number of rotatable bonds is 4. The fourth-order valence-corrected chi connectivity index (χ4v) is 3.20. The van der Waals surface area contributed by atoms with Crippen LogP contribution in [0.25, 0.3) is 16.9 Å². The maximum absolute atomic E-state index is 12.6. The average Bonchev–Trinajstić information content (AvgIpc) is 3.19. The van der Waals surface area contributed by atoms with Gasteiger partial charge in [0.2, 0.25) is 0 Å². The predicted octanol–water partition coefficient (Wildman–Crippen LogP) is 3.47. The van der Waals surface area contributed by atoms with Gasteiger partial charge in [0.1, 0.15) is 17.3 Å². The molecule has 0 saturated heterocycles. The van der Waals surface area contributed by atoms with Crippen molar-refractivity contribution >= 4 is 6.21 Å². The zero-order valence-electron chi connectivity index (χ0n) is 16.5. The SMILES string of the molecule is Cc1cc(C)n(/N=C/c2cn(-c3ccccc3)nc2-c2cccnc2)c(=O)c1C#N. The Labute approximate surface area is 173 Å². The molecule has 0 amide bonds. The van der Waals surface area contributed by atoms with E-state index in [9.17, 15) is 10.1 Å². The number of pyridine rings is 2. The lowest BCUT2D eigenvalue weighted by molar-refractivity contribution is 0.786. The summed E-state index contributed by atoms with van der Waals surface area (Å²) in [5.74, 6) is 0. The first-order chi connectivity index (χ1) is 14.6. The third kappa shape index (κ3) is 3.54. The molecule has 0 radical (unpaired) electrons. The van der Waals surface area contributed by atoms with E-state index in [1.54, 1.807) is 43.2 Å². The first-order valence-corrected chi connectivity index (χ1v) is 9.31. The molecule has 4 rings (SSSR count). The summed E-state index contributed by atoms with van der Waals surface area (Å²) in [4.78, 5) is 16.8. The lowest BCUT2D eigenvalue weighted by Gasteiger charge is -2.06. The molecule has 0 bridgehead atoms. The number of hydrogen-bond donors (Lipinski definition) is 0. The maximum atomic E-state index is 12.6. The van der Waals surface area contributed by atoms with E-state index in [1.165, 1.54) is 4.68 Å². The normalized spacial score (nSPS) is 11.0. The first-order valence-electron chi connectivity index (χ1n) is 9.31. The second-order valence-corrected chi connectivity index (χ2v) is 6.77. The highest BCUT2D eigenvalue weighted by atomic mass is 16.1. The van der Waals surface area contributed by atoms with Crippen LogP contribution < -0.4 is 5.56 Å². The van der Waals surface area contributed by atoms with Crippen molar-refractivity contribution in [1.82, 2.24) is 19.4 Å². The van der Waals surface area contributed by atoms with Crippen molar-refractivity contribution in [1.29, 1.82) is 5.26 Å². The van der Waals surface area contributed by atoms with Crippen molar-refractivity contribution in [3.05, 3.63) is 99.9 Å². The van der Waals surface area contributed by atoms with Crippen LogP contribution in [-0.2, 0) is 0 Å². The van der Waals surface area contributed by atoms with Crippen molar-refractivity contribution in [3.8, 4) is 23.0 Å². The number of para-hydroxylation sites is 1. The number of aromatic nitrogens is 4. The standard InChI is InChI=1S/C23H18N6O/c1-16-11-17(2)29(23(30)21(16)12-24)26-14-19-15-28(20-8-4-3-5-9-20)27-22(19)18-7-6-10-25-13-18/h3-11,13-15H,1-2H3/b26-14+. The van der Waals surface area contributed by atoms with Crippen LogP contribution in [0, 0.1) is 25.2 Å². The van der Waals surface area contributed by atoms with Gasteiger partial charge in [0.25, 0.3) is 5.56 Å². The van der Waals surface area contributed by atoms with Crippen molar-refractivity contribution in [2.45, 2.75) is 13.8 Å². The molecular formula is C23H18N6O. The molecule has 0 saturated carbocycles. The summed E-state index contributed by atoms with van der Waals surface area (Å²) in [5, 5.41) is 18.4. The number of aryl methyl sites for hydroxylation is 2. The van der Waals surface area contributed by atoms with Crippen molar-refractivity contribution < 1.29 is 0 Å². The van der Waals surface area contributed by atoms with E-state index in [0.29, 0.717) is 17.0 Å². The van der Waals surface area contributed by atoms with Gasteiger partial charge in [-0.15, -0.1) is 0 Å². The van der Waals surface area contributed by atoms with Gasteiger partial charge < -0.3 is 0 Å². The first kappa shape index (κ1) is 19.0. The van der Waals surface area contributed by atoms with Crippen LogP contribution in [0.1, 0.15) is 22.4 Å². The lowest BCUT2D eigenvalue weighted by atomic mass is 10.1. The molecule has 0 aliphatic rings. The molecule has 0 aliphatic carbocycles. The van der Waals surface area contributed by atoms with Crippen molar-refractivity contribution in [2.24, 2.45) is 5.10 Å². The van der Waals surface area contributed by atoms with Gasteiger partial charge in [-0.25, -0.2) is 9.36 Å². The zero-order valence-corrected chi connectivity index (χ0v) is 16.5. The Kier molecular flexibility index (Phi) is 5.06. The molecule has 30 heavy (non-hydrogen) atoms. The van der Waals surface area contributed by atoms with Crippen LogP contribution in [0.2, 0.25) is 0 Å². The molecule has 0 unspecified atom stereocenters. The predicted molar refractivity (Wildman–Crippen MR) is 115 cm³/mol. The van der Waals surface area contributed by atoms with E-state index in [1.807, 2.05) is 54.7 Å². The molecule has 3 aromatic heterocycles. The molecule has 0 spiro atoms. The van der Waals surface area contributed by atoms with E-state index in [4.69, 9.17) is 5.10 Å². The Morgan fingerprint density at radius 2 is 1.93 bits per heavy atom. The highest BCUT2D eigenvalue weighted by Crippen LogP contribution is 2.22. The molecule has 0 N–H and O–H groups in total. The quantitative estimate of drug-likeness (QED) is 0.496. The molecule has 0 aliphatic heterocycles. The highest BCUT2D eigenvalue weighted by Gasteiger charge is 2.13. The van der Waals surface area contributed by atoms with Crippen LogP contribution in [0.3, 0.4) is 0 Å². The van der Waals surface area contributed by atoms with Gasteiger partial charge >= 0.3 is 0 Å². The zero-order chi connectivity index (χ0) is 21.1. The minimum absolute atomic E-state index is 0.0882. The monoisotopic (exact) mass is 394 g/mol. The van der Waals surface area contributed by atoms with Crippen molar-refractivity contribution in [3.63, 3.8) is 0 Å². The second kappa shape index (κ2) is 7.97. The molecule has 7 heteroatoms. The van der Waals surface area contributed by atoms with Gasteiger partial charge in [-0.05, 0) is 49.7 Å². The minimum Gasteiger partial charge on any atom is -0.266 e. The van der Waals surface area contributed by atoms with E-state index >= 15 is 0 Å². The third-order valence-corrected chi connectivity index (χ3v) is 4.68. The van der Waals surface area contributed by atoms with Gasteiger partial charge in [0.15, 0.2) is 0 Å². The fraction of sp³-hybridized carbons (Fsp3) is 0.0870. The summed E-state index contributed by atoms with van der Waals surface area (Å²) in [5.41, 5.74) is 4.07. The summed E-state index contributed by atoms with van der Waals surface area (Å²) in [6, 6.07) is 17.2. The highest BCUT2D eigenvalue weighted by molar-refractivity contribution is 5.88. The fourth-order valence-electron chi connectivity index (χ4n) is 3.20. The van der Waals surface area contributed by atoms with Gasteiger partial charge in [-0.1, -0.05) is 18.2 Å². The van der Waals surface area contributed by atoms with Crippen LogP contribution in [0.5, 0.6) is 0 Å². The summed E-state index contributed by atoms with van der Waals surface area (Å²) in [7, 11) is 0. The van der Waals surface area contributed by atoms with Crippen LogP contribution in [-0.4, -0.2) is 25.7 Å². The molecule has 0 atom stereocenters. The summed E-state index contributed by atoms with van der Waals surface area (Å²) >= 11 is 0. The van der Waals surface area contributed by atoms with Gasteiger partial charge in [0, 0.05) is 35.4 Å². The lowest BCUT2D eigenvalue weighted by Crippen LogP contribution is -2.22. The number of nitrogens with zero attached hydrogens (tertiary/aromatic N) is 6. The van der Waals surface area contributed by atoms with Crippen molar-refractivity contribution in [2.75, 3.05) is 0 Å². The van der Waals surface area contributed by atoms with Crippen LogP contribution in [0.4, 0.5) is 0 Å². The molecule has 1 aromatic carbocycles. The average molecular weight is 394 g/mol. The number of nitriles is 1. The number of hydrogen-bond acceptors (Lipinski definition) is 5.